The van der Waals surface area contributed by atoms with Crippen molar-refractivity contribution in [2.24, 2.45) is 17.8 Å². The molecule has 0 aliphatic carbocycles. The molecule has 248 valence electrons. The summed E-state index contributed by atoms with van der Waals surface area (Å²) < 4.78 is 12.6. The minimum Gasteiger partial charge on any atom is -0.494 e. The van der Waals surface area contributed by atoms with Crippen LogP contribution in [0.25, 0.3) is 0 Å². The third-order valence-corrected chi connectivity index (χ3v) is 10.3. The Labute approximate surface area is 269 Å². The molecule has 4 rings (SSSR count). The van der Waals surface area contributed by atoms with Crippen molar-refractivity contribution >= 4 is 23.4 Å². The van der Waals surface area contributed by atoms with Crippen molar-refractivity contribution in [1.82, 2.24) is 9.80 Å². The molecule has 1 N–H and O–H groups in total. The van der Waals surface area contributed by atoms with Crippen molar-refractivity contribution in [1.29, 1.82) is 0 Å². The normalized spacial score (nSPS) is 28.9. The standard InChI is InChI=1S/C36H53N3O6/c1-8-15-26(6)37(20-9-2)34(43)31-36-24-25(5)35(7,45-36)29(30(36)33(42)39(31)22-13-12-14-23-40)32(41)38(21-10-3)27-16-18-28(19-17-27)44-11-4/h9-10,16-19,25-26,29-31,40H,2-3,8,11-15,20-24H2,1,4-7H3/t25?,26?,29-,30-,31?,35+,36?/m0/s1. The monoisotopic (exact) mass is 623 g/mol. The Hall–Kier alpha value is -3.17. The number of nitrogens with zero attached hydrogens (tertiary/aromatic N) is 3. The summed E-state index contributed by atoms with van der Waals surface area (Å²) in [6.45, 7) is 19.5. The van der Waals surface area contributed by atoms with Gasteiger partial charge in [0.25, 0.3) is 0 Å². The highest BCUT2D eigenvalue weighted by atomic mass is 16.5. The van der Waals surface area contributed by atoms with Gasteiger partial charge in [-0.3, -0.25) is 14.4 Å². The number of fused-ring (bicyclic) bond motifs is 1. The lowest BCUT2D eigenvalue weighted by Gasteiger charge is -2.40. The molecule has 1 spiro atoms. The summed E-state index contributed by atoms with van der Waals surface area (Å²) in [5.41, 5.74) is -1.37. The Morgan fingerprint density at radius 3 is 2.42 bits per heavy atom. The molecule has 2 bridgehead atoms. The Kier molecular flexibility index (Phi) is 11.2. The van der Waals surface area contributed by atoms with Crippen LogP contribution in [0.2, 0.25) is 0 Å². The van der Waals surface area contributed by atoms with Gasteiger partial charge in [0.2, 0.25) is 17.7 Å². The van der Waals surface area contributed by atoms with Gasteiger partial charge in [0.05, 0.1) is 24.0 Å². The Balaban J connectivity index is 1.78. The van der Waals surface area contributed by atoms with Crippen LogP contribution in [-0.4, -0.2) is 88.8 Å². The van der Waals surface area contributed by atoms with E-state index in [9.17, 15) is 19.5 Å². The number of aliphatic hydroxyl groups is 1. The van der Waals surface area contributed by atoms with Crippen LogP contribution < -0.4 is 9.64 Å². The van der Waals surface area contributed by atoms with Crippen LogP contribution in [0.5, 0.6) is 5.75 Å². The molecular weight excluding hydrogens is 570 g/mol. The quantitative estimate of drug-likeness (QED) is 0.194. The Morgan fingerprint density at radius 1 is 1.13 bits per heavy atom. The molecule has 4 unspecified atom stereocenters. The maximum Gasteiger partial charge on any atom is 0.248 e. The van der Waals surface area contributed by atoms with Gasteiger partial charge in [-0.05, 0) is 83.1 Å². The second-order valence-electron chi connectivity index (χ2n) is 13.1. The lowest BCUT2D eigenvalue weighted by molar-refractivity contribution is -0.153. The van der Waals surface area contributed by atoms with E-state index in [0.717, 1.165) is 19.3 Å². The highest BCUT2D eigenvalue weighted by molar-refractivity contribution is 6.03. The van der Waals surface area contributed by atoms with Crippen LogP contribution in [0.1, 0.15) is 73.1 Å². The van der Waals surface area contributed by atoms with E-state index in [4.69, 9.17) is 9.47 Å². The summed E-state index contributed by atoms with van der Waals surface area (Å²) in [7, 11) is 0. The van der Waals surface area contributed by atoms with E-state index >= 15 is 0 Å². The number of amides is 3. The maximum absolute atomic E-state index is 14.7. The van der Waals surface area contributed by atoms with Gasteiger partial charge in [0.15, 0.2) is 0 Å². The predicted molar refractivity (Wildman–Crippen MR) is 176 cm³/mol. The molecule has 7 atom stereocenters. The molecule has 3 fully saturated rings. The zero-order valence-corrected chi connectivity index (χ0v) is 27.9. The fourth-order valence-corrected chi connectivity index (χ4v) is 8.07. The van der Waals surface area contributed by atoms with E-state index in [1.54, 1.807) is 22.0 Å². The van der Waals surface area contributed by atoms with Gasteiger partial charge in [-0.15, -0.1) is 13.2 Å². The van der Waals surface area contributed by atoms with Gasteiger partial charge >= 0.3 is 0 Å². The predicted octanol–water partition coefficient (Wildman–Crippen LogP) is 4.98. The summed E-state index contributed by atoms with van der Waals surface area (Å²) in [5, 5.41) is 9.37. The van der Waals surface area contributed by atoms with Crippen LogP contribution in [0.3, 0.4) is 0 Å². The summed E-state index contributed by atoms with van der Waals surface area (Å²) >= 11 is 0. The molecule has 3 amide bonds. The van der Waals surface area contributed by atoms with E-state index in [2.05, 4.69) is 27.0 Å². The van der Waals surface area contributed by atoms with E-state index in [0.29, 0.717) is 50.4 Å². The third kappa shape index (κ3) is 6.18. The average molecular weight is 624 g/mol. The summed E-state index contributed by atoms with van der Waals surface area (Å²) in [5.74, 6) is -1.47. The molecule has 45 heavy (non-hydrogen) atoms. The number of carbonyl (C=O) groups excluding carboxylic acids is 3. The number of hydrogen-bond acceptors (Lipinski definition) is 6. The fraction of sp³-hybridized carbons (Fsp3) is 0.639. The Morgan fingerprint density at radius 2 is 1.82 bits per heavy atom. The highest BCUT2D eigenvalue weighted by Crippen LogP contribution is 2.65. The van der Waals surface area contributed by atoms with Crippen LogP contribution >= 0.6 is 0 Å². The van der Waals surface area contributed by atoms with Gasteiger partial charge in [-0.2, -0.15) is 0 Å². The number of likely N-dealkylation sites (tertiary alicyclic amines) is 1. The molecule has 3 saturated heterocycles. The number of aliphatic hydroxyl groups excluding tert-OH is 1. The van der Waals surface area contributed by atoms with Crippen molar-refractivity contribution in [2.75, 3.05) is 37.7 Å². The second-order valence-corrected chi connectivity index (χ2v) is 13.1. The second kappa shape index (κ2) is 14.5. The van der Waals surface area contributed by atoms with Gasteiger partial charge < -0.3 is 29.3 Å². The third-order valence-electron chi connectivity index (χ3n) is 10.3. The number of anilines is 1. The van der Waals surface area contributed by atoms with Gasteiger partial charge in [-0.1, -0.05) is 32.4 Å². The maximum atomic E-state index is 14.7. The lowest BCUT2D eigenvalue weighted by Crippen LogP contribution is -2.58. The molecule has 3 aliphatic rings. The number of carbonyl (C=O) groups is 3. The van der Waals surface area contributed by atoms with Gasteiger partial charge in [-0.25, -0.2) is 0 Å². The first kappa shape index (κ1) is 34.7. The van der Waals surface area contributed by atoms with Crippen LogP contribution in [0.15, 0.2) is 49.6 Å². The molecular formula is C36H53N3O6. The lowest BCUT2D eigenvalue weighted by atomic mass is 9.62. The molecule has 9 nitrogen and oxygen atoms in total. The minimum absolute atomic E-state index is 0.0472. The van der Waals surface area contributed by atoms with Crippen LogP contribution in [-0.2, 0) is 19.1 Å². The smallest absolute Gasteiger partial charge is 0.248 e. The number of hydrogen-bond donors (Lipinski definition) is 1. The number of ether oxygens (including phenoxy) is 2. The van der Waals surface area contributed by atoms with Crippen molar-refractivity contribution in [3.05, 3.63) is 49.6 Å². The van der Waals surface area contributed by atoms with E-state index < -0.39 is 29.1 Å². The fourth-order valence-electron chi connectivity index (χ4n) is 8.07. The molecule has 0 radical (unpaired) electrons. The summed E-state index contributed by atoms with van der Waals surface area (Å²) in [4.78, 5) is 49.3. The van der Waals surface area contributed by atoms with E-state index in [-0.39, 0.29) is 42.8 Å². The van der Waals surface area contributed by atoms with Crippen molar-refractivity contribution in [3.63, 3.8) is 0 Å². The van der Waals surface area contributed by atoms with Gasteiger partial charge in [0, 0.05) is 38.0 Å². The molecule has 0 aromatic heterocycles. The molecule has 0 saturated carbocycles. The number of rotatable bonds is 17. The first-order valence-corrected chi connectivity index (χ1v) is 16.7. The Bertz CT molecular complexity index is 1240. The molecule has 3 aliphatic heterocycles. The molecule has 1 aromatic carbocycles. The van der Waals surface area contributed by atoms with Crippen LogP contribution in [0, 0.1) is 17.8 Å². The number of benzene rings is 1. The first-order valence-electron chi connectivity index (χ1n) is 16.7. The van der Waals surface area contributed by atoms with Crippen molar-refractivity contribution in [3.8, 4) is 5.75 Å². The zero-order valence-electron chi connectivity index (χ0n) is 27.9. The van der Waals surface area contributed by atoms with E-state index in [1.807, 2.05) is 49.9 Å². The molecule has 1 aromatic rings. The SMILES string of the molecule is C=CCN(C(=O)[C@@H]1[C@H]2C(=O)N(CCCCCO)C(C(=O)N(CC=C)C(C)CCC)C23CC(C)[C@@]1(C)O3)c1ccc(OCC)cc1. The molecule has 9 heteroatoms. The summed E-state index contributed by atoms with van der Waals surface area (Å²) in [6.07, 6.45) is 7.66. The topological polar surface area (TPSA) is 99.6 Å². The van der Waals surface area contributed by atoms with Crippen molar-refractivity contribution < 1.29 is 29.0 Å². The van der Waals surface area contributed by atoms with Gasteiger partial charge in [0.1, 0.15) is 17.4 Å². The highest BCUT2D eigenvalue weighted by Gasteiger charge is 2.80. The van der Waals surface area contributed by atoms with Crippen LogP contribution in [0.4, 0.5) is 5.69 Å². The largest absolute Gasteiger partial charge is 0.494 e. The first-order chi connectivity index (χ1) is 21.6. The zero-order chi connectivity index (χ0) is 32.9. The average Bonchev–Trinajstić information content (AvgIpc) is 3.53. The number of unbranched alkanes of at least 4 members (excludes halogenated alkanes) is 2. The summed E-state index contributed by atoms with van der Waals surface area (Å²) in [6, 6.07) is 6.47. The molecule has 3 heterocycles. The van der Waals surface area contributed by atoms with Crippen molar-refractivity contribution in [2.45, 2.75) is 96.4 Å². The van der Waals surface area contributed by atoms with E-state index in [1.165, 1.54) is 0 Å². The minimum atomic E-state index is -1.12.